The molecule has 0 aliphatic rings. The number of rotatable bonds is 3. The van der Waals surface area contributed by atoms with Gasteiger partial charge in [0.15, 0.2) is 0 Å². The molecule has 0 aliphatic heterocycles. The molecule has 8 aromatic rings. The van der Waals surface area contributed by atoms with Crippen LogP contribution < -0.4 is 0 Å². The van der Waals surface area contributed by atoms with Crippen LogP contribution in [-0.2, 0) is 0 Å². The van der Waals surface area contributed by atoms with E-state index in [0.717, 1.165) is 33.4 Å². The summed E-state index contributed by atoms with van der Waals surface area (Å²) in [6, 6.07) is 47.8. The lowest BCUT2D eigenvalue weighted by Gasteiger charge is -2.18. The Hall–Kier alpha value is -4.75. The van der Waals surface area contributed by atoms with E-state index in [0.29, 0.717) is 5.56 Å². The Morgan fingerprint density at radius 3 is 1.55 bits per heavy atom. The molecule has 2 aromatic heterocycles. The lowest BCUT2D eigenvalue weighted by molar-refractivity contribution is 1.47. The Balaban J connectivity index is 1.48. The van der Waals surface area contributed by atoms with Crippen molar-refractivity contribution in [3.8, 4) is 39.4 Å². The zero-order chi connectivity index (χ0) is 26.6. The molecule has 8 rings (SSSR count). The van der Waals surface area contributed by atoms with Gasteiger partial charge < -0.3 is 0 Å². The topological polar surface area (TPSA) is 23.8 Å². The SMILES string of the molecule is N#Cc1ccc(-c2ccccc2)c(-c2ccc3sc4ccccc4c3c2)c1-c1ccc2sc3ccccc3c2c1. The van der Waals surface area contributed by atoms with Crippen molar-refractivity contribution < 1.29 is 0 Å². The van der Waals surface area contributed by atoms with Crippen molar-refractivity contribution in [3.05, 3.63) is 133 Å². The van der Waals surface area contributed by atoms with Crippen molar-refractivity contribution in [2.45, 2.75) is 0 Å². The monoisotopic (exact) mass is 543 g/mol. The number of hydrogen-bond acceptors (Lipinski definition) is 3. The van der Waals surface area contributed by atoms with Crippen LogP contribution in [0.5, 0.6) is 0 Å². The molecule has 40 heavy (non-hydrogen) atoms. The molecule has 3 heteroatoms. The molecule has 6 aromatic carbocycles. The highest BCUT2D eigenvalue weighted by molar-refractivity contribution is 7.26. The van der Waals surface area contributed by atoms with Gasteiger partial charge in [0.05, 0.1) is 11.6 Å². The van der Waals surface area contributed by atoms with E-state index >= 15 is 0 Å². The van der Waals surface area contributed by atoms with E-state index in [1.54, 1.807) is 0 Å². The lowest BCUT2D eigenvalue weighted by atomic mass is 9.84. The normalized spacial score (nSPS) is 11.5. The standard InChI is InChI=1S/C37H21NS2/c38-22-26-14-17-27(23-8-2-1-3-9-23)37(25-16-19-35-31(21-25)29-11-5-7-13-33(29)40-35)36(26)24-15-18-34-30(20-24)28-10-4-6-12-32(28)39-34/h1-21H. The summed E-state index contributed by atoms with van der Waals surface area (Å²) in [5.74, 6) is 0. The number of hydrogen-bond donors (Lipinski definition) is 0. The van der Waals surface area contributed by atoms with E-state index in [-0.39, 0.29) is 0 Å². The molecule has 0 aliphatic carbocycles. The van der Waals surface area contributed by atoms with Gasteiger partial charge >= 0.3 is 0 Å². The van der Waals surface area contributed by atoms with Gasteiger partial charge in [-0.05, 0) is 70.3 Å². The number of nitrogens with zero attached hydrogens (tertiary/aromatic N) is 1. The smallest absolute Gasteiger partial charge is 0.0998 e. The average Bonchev–Trinajstić information content (AvgIpc) is 3.58. The van der Waals surface area contributed by atoms with E-state index in [4.69, 9.17) is 0 Å². The summed E-state index contributed by atoms with van der Waals surface area (Å²) >= 11 is 3.64. The molecule has 1 nitrogen and oxygen atoms in total. The van der Waals surface area contributed by atoms with E-state index in [2.05, 4.69) is 121 Å². The fraction of sp³-hybridized carbons (Fsp3) is 0. The maximum absolute atomic E-state index is 10.4. The average molecular weight is 544 g/mol. The van der Waals surface area contributed by atoms with E-state index in [9.17, 15) is 5.26 Å². The van der Waals surface area contributed by atoms with Crippen molar-refractivity contribution >= 4 is 63.0 Å². The number of thiophene rings is 2. The number of nitriles is 1. The molecule has 0 radical (unpaired) electrons. The van der Waals surface area contributed by atoms with Gasteiger partial charge in [0, 0.05) is 45.9 Å². The fourth-order valence-corrected chi connectivity index (χ4v) is 8.09. The van der Waals surface area contributed by atoms with Gasteiger partial charge in [0.25, 0.3) is 0 Å². The molecule has 0 saturated carbocycles. The summed E-state index contributed by atoms with van der Waals surface area (Å²) < 4.78 is 5.10. The van der Waals surface area contributed by atoms with Crippen molar-refractivity contribution in [2.24, 2.45) is 0 Å². The molecular weight excluding hydrogens is 523 g/mol. The predicted molar refractivity (Wildman–Crippen MR) is 173 cm³/mol. The minimum atomic E-state index is 0.684. The van der Waals surface area contributed by atoms with Crippen LogP contribution in [0.2, 0.25) is 0 Å². The highest BCUT2D eigenvalue weighted by Crippen LogP contribution is 2.46. The number of fused-ring (bicyclic) bond motifs is 6. The van der Waals surface area contributed by atoms with Gasteiger partial charge in [-0.25, -0.2) is 0 Å². The molecule has 0 atom stereocenters. The van der Waals surface area contributed by atoms with Crippen molar-refractivity contribution in [1.82, 2.24) is 0 Å². The fourth-order valence-electron chi connectivity index (χ4n) is 5.92. The summed E-state index contributed by atoms with van der Waals surface area (Å²) in [5, 5.41) is 15.4. The molecule has 0 bridgehead atoms. The maximum Gasteiger partial charge on any atom is 0.0998 e. The third kappa shape index (κ3) is 3.58. The van der Waals surface area contributed by atoms with Crippen LogP contribution in [-0.4, -0.2) is 0 Å². The summed E-state index contributed by atoms with van der Waals surface area (Å²) in [5.41, 5.74) is 7.22. The van der Waals surface area contributed by atoms with Crippen LogP contribution in [0.3, 0.4) is 0 Å². The first-order valence-corrected chi connectivity index (χ1v) is 14.9. The summed E-state index contributed by atoms with van der Waals surface area (Å²) in [7, 11) is 0. The second-order valence-corrected chi connectivity index (χ2v) is 12.2. The van der Waals surface area contributed by atoms with Crippen LogP contribution in [0.15, 0.2) is 127 Å². The molecule has 0 spiro atoms. The van der Waals surface area contributed by atoms with Gasteiger partial charge in [-0.1, -0.05) is 84.9 Å². The quantitative estimate of drug-likeness (QED) is 0.217. The van der Waals surface area contributed by atoms with Crippen LogP contribution >= 0.6 is 22.7 Å². The Morgan fingerprint density at radius 2 is 0.950 bits per heavy atom. The lowest BCUT2D eigenvalue weighted by Crippen LogP contribution is -1.94. The van der Waals surface area contributed by atoms with Gasteiger partial charge in [-0.3, -0.25) is 0 Å². The summed E-state index contributed by atoms with van der Waals surface area (Å²) in [6.07, 6.45) is 0. The summed E-state index contributed by atoms with van der Waals surface area (Å²) in [4.78, 5) is 0. The zero-order valence-corrected chi connectivity index (χ0v) is 23.0. The third-order valence-electron chi connectivity index (χ3n) is 7.74. The Morgan fingerprint density at radius 1 is 0.425 bits per heavy atom. The highest BCUT2D eigenvalue weighted by Gasteiger charge is 2.20. The molecule has 0 amide bonds. The van der Waals surface area contributed by atoms with Crippen LogP contribution in [0.25, 0.3) is 73.7 Å². The van der Waals surface area contributed by atoms with Crippen LogP contribution in [0.1, 0.15) is 5.56 Å². The second kappa shape index (κ2) is 9.17. The Bertz CT molecular complexity index is 2280. The first-order valence-electron chi connectivity index (χ1n) is 13.2. The first-order chi connectivity index (χ1) is 19.8. The second-order valence-electron chi connectivity index (χ2n) is 10.0. The summed E-state index contributed by atoms with van der Waals surface area (Å²) in [6.45, 7) is 0. The van der Waals surface area contributed by atoms with E-state index in [1.807, 2.05) is 34.8 Å². The maximum atomic E-state index is 10.4. The van der Waals surface area contributed by atoms with Crippen LogP contribution in [0, 0.1) is 11.3 Å². The van der Waals surface area contributed by atoms with Crippen molar-refractivity contribution in [2.75, 3.05) is 0 Å². The molecule has 0 saturated heterocycles. The number of benzene rings is 6. The highest BCUT2D eigenvalue weighted by atomic mass is 32.1. The van der Waals surface area contributed by atoms with E-state index in [1.165, 1.54) is 40.3 Å². The predicted octanol–water partition coefficient (Wildman–Crippen LogP) is 11.3. The van der Waals surface area contributed by atoms with E-state index < -0.39 is 0 Å². The van der Waals surface area contributed by atoms with Gasteiger partial charge in [-0.15, -0.1) is 22.7 Å². The molecule has 0 N–H and O–H groups in total. The van der Waals surface area contributed by atoms with Crippen molar-refractivity contribution in [1.29, 1.82) is 5.26 Å². The van der Waals surface area contributed by atoms with Crippen molar-refractivity contribution in [3.63, 3.8) is 0 Å². The molecule has 0 fully saturated rings. The minimum absolute atomic E-state index is 0.684. The molecule has 2 heterocycles. The largest absolute Gasteiger partial charge is 0.192 e. The molecular formula is C37H21NS2. The third-order valence-corrected chi connectivity index (χ3v) is 10.0. The Kier molecular flexibility index (Phi) is 5.31. The van der Waals surface area contributed by atoms with Crippen LogP contribution in [0.4, 0.5) is 0 Å². The zero-order valence-electron chi connectivity index (χ0n) is 21.4. The van der Waals surface area contributed by atoms with Gasteiger partial charge in [0.1, 0.15) is 0 Å². The Labute approximate surface area is 239 Å². The van der Waals surface area contributed by atoms with Gasteiger partial charge in [-0.2, -0.15) is 5.26 Å². The molecule has 0 unspecified atom stereocenters. The van der Waals surface area contributed by atoms with Gasteiger partial charge in [0.2, 0.25) is 0 Å². The first kappa shape index (κ1) is 23.2. The minimum Gasteiger partial charge on any atom is -0.192 e. The molecule has 186 valence electrons.